The maximum absolute atomic E-state index is 13.6. The van der Waals surface area contributed by atoms with Crippen LogP contribution >= 0.6 is 11.7 Å². The van der Waals surface area contributed by atoms with Crippen LogP contribution in [-0.2, 0) is 4.74 Å². The number of ether oxygens (including phenoxy) is 1. The van der Waals surface area contributed by atoms with Gasteiger partial charge < -0.3 is 4.74 Å². The number of aromatic nitrogens is 2. The fourth-order valence-corrected chi connectivity index (χ4v) is 1.90. The second kappa shape index (κ2) is 5.01. The lowest BCUT2D eigenvalue weighted by Crippen LogP contribution is -2.06. The first-order valence-electron chi connectivity index (χ1n) is 4.98. The highest BCUT2D eigenvalue weighted by Crippen LogP contribution is 2.24. The van der Waals surface area contributed by atoms with Crippen molar-refractivity contribution in [1.29, 1.82) is 0 Å². The predicted molar refractivity (Wildman–Crippen MR) is 61.3 cm³/mol. The van der Waals surface area contributed by atoms with Crippen molar-refractivity contribution in [3.05, 3.63) is 35.8 Å². The summed E-state index contributed by atoms with van der Waals surface area (Å²) >= 11 is 0.856. The van der Waals surface area contributed by atoms with Crippen LogP contribution in [0.3, 0.4) is 0 Å². The SMILES string of the molecule is CCOC(=O)c1nsnc1-c1ccccc1F. The van der Waals surface area contributed by atoms with Gasteiger partial charge in [-0.2, -0.15) is 8.75 Å². The molecule has 0 radical (unpaired) electrons. The van der Waals surface area contributed by atoms with Crippen molar-refractivity contribution in [3.8, 4) is 11.3 Å². The van der Waals surface area contributed by atoms with Crippen molar-refractivity contribution in [3.63, 3.8) is 0 Å². The van der Waals surface area contributed by atoms with Crippen LogP contribution < -0.4 is 0 Å². The Labute approximate surface area is 101 Å². The fraction of sp³-hybridized carbons (Fsp3) is 0.182. The van der Waals surface area contributed by atoms with Gasteiger partial charge >= 0.3 is 5.97 Å². The minimum atomic E-state index is -0.584. The summed E-state index contributed by atoms with van der Waals surface area (Å²) < 4.78 is 26.2. The minimum absolute atomic E-state index is 0.0574. The topological polar surface area (TPSA) is 52.1 Å². The zero-order valence-corrected chi connectivity index (χ0v) is 9.83. The summed E-state index contributed by atoms with van der Waals surface area (Å²) in [6.45, 7) is 1.94. The highest BCUT2D eigenvalue weighted by Gasteiger charge is 2.20. The van der Waals surface area contributed by atoms with Crippen LogP contribution in [0.2, 0.25) is 0 Å². The predicted octanol–water partition coefficient (Wildman–Crippen LogP) is 2.52. The molecule has 0 N–H and O–H groups in total. The summed E-state index contributed by atoms with van der Waals surface area (Å²) in [7, 11) is 0. The van der Waals surface area contributed by atoms with Crippen LogP contribution in [0.4, 0.5) is 4.39 Å². The van der Waals surface area contributed by atoms with E-state index in [1.165, 1.54) is 6.07 Å². The summed E-state index contributed by atoms with van der Waals surface area (Å²) in [6, 6.07) is 6.10. The lowest BCUT2D eigenvalue weighted by Gasteiger charge is -2.02. The monoisotopic (exact) mass is 252 g/mol. The molecule has 1 aromatic heterocycles. The third-order valence-electron chi connectivity index (χ3n) is 2.09. The van der Waals surface area contributed by atoms with E-state index >= 15 is 0 Å². The fourth-order valence-electron chi connectivity index (χ4n) is 1.35. The number of esters is 1. The highest BCUT2D eigenvalue weighted by molar-refractivity contribution is 6.99. The average molecular weight is 252 g/mol. The Balaban J connectivity index is 2.44. The van der Waals surface area contributed by atoms with Crippen molar-refractivity contribution >= 4 is 17.7 Å². The van der Waals surface area contributed by atoms with Gasteiger partial charge in [-0.3, -0.25) is 0 Å². The summed E-state index contributed by atoms with van der Waals surface area (Å²) in [6.07, 6.45) is 0. The number of benzene rings is 1. The van der Waals surface area contributed by atoms with Gasteiger partial charge in [0.25, 0.3) is 0 Å². The van der Waals surface area contributed by atoms with Crippen molar-refractivity contribution in [1.82, 2.24) is 8.75 Å². The summed E-state index contributed by atoms with van der Waals surface area (Å²) in [4.78, 5) is 11.6. The van der Waals surface area contributed by atoms with Gasteiger partial charge in [-0.25, -0.2) is 9.18 Å². The first kappa shape index (κ1) is 11.7. The molecule has 0 unspecified atom stereocenters. The molecule has 17 heavy (non-hydrogen) atoms. The molecule has 0 aliphatic carbocycles. The average Bonchev–Trinajstić information content (AvgIpc) is 2.79. The lowest BCUT2D eigenvalue weighted by molar-refractivity contribution is 0.0521. The van der Waals surface area contributed by atoms with Crippen molar-refractivity contribution in [2.24, 2.45) is 0 Å². The molecule has 0 aliphatic heterocycles. The first-order chi connectivity index (χ1) is 8.24. The van der Waals surface area contributed by atoms with Gasteiger partial charge in [0.2, 0.25) is 0 Å². The van der Waals surface area contributed by atoms with Gasteiger partial charge in [0, 0.05) is 5.56 Å². The van der Waals surface area contributed by atoms with Gasteiger partial charge in [0.15, 0.2) is 5.69 Å². The van der Waals surface area contributed by atoms with Crippen LogP contribution in [0.25, 0.3) is 11.3 Å². The minimum Gasteiger partial charge on any atom is -0.461 e. The zero-order chi connectivity index (χ0) is 12.3. The van der Waals surface area contributed by atoms with Crippen LogP contribution in [-0.4, -0.2) is 21.3 Å². The summed E-state index contributed by atoms with van der Waals surface area (Å²) in [5.74, 6) is -1.02. The molecule has 2 aromatic rings. The number of hydrogen-bond acceptors (Lipinski definition) is 5. The molecular formula is C11H9FN2O2S. The molecule has 0 saturated carbocycles. The number of nitrogens with zero attached hydrogens (tertiary/aromatic N) is 2. The number of carbonyl (C=O) groups is 1. The molecule has 1 aromatic carbocycles. The molecule has 4 nitrogen and oxygen atoms in total. The standard InChI is InChI=1S/C11H9FN2O2S/c1-2-16-11(15)10-9(13-17-14-10)7-5-3-4-6-8(7)12/h3-6H,2H2,1H3. The van der Waals surface area contributed by atoms with Crippen molar-refractivity contribution < 1.29 is 13.9 Å². The molecule has 0 saturated heterocycles. The van der Waals surface area contributed by atoms with E-state index in [9.17, 15) is 9.18 Å². The molecule has 0 atom stereocenters. The smallest absolute Gasteiger partial charge is 0.360 e. The molecular weight excluding hydrogens is 243 g/mol. The van der Waals surface area contributed by atoms with E-state index in [1.54, 1.807) is 25.1 Å². The van der Waals surface area contributed by atoms with Crippen molar-refractivity contribution in [2.45, 2.75) is 6.92 Å². The Morgan fingerprint density at radius 2 is 2.18 bits per heavy atom. The molecule has 0 amide bonds. The molecule has 1 heterocycles. The molecule has 0 bridgehead atoms. The molecule has 0 aliphatic rings. The van der Waals surface area contributed by atoms with E-state index < -0.39 is 11.8 Å². The van der Waals surface area contributed by atoms with Gasteiger partial charge in [0.1, 0.15) is 11.5 Å². The first-order valence-corrected chi connectivity index (χ1v) is 5.71. The van der Waals surface area contributed by atoms with Gasteiger partial charge in [-0.1, -0.05) is 12.1 Å². The molecule has 2 rings (SSSR count). The van der Waals surface area contributed by atoms with Gasteiger partial charge in [-0.05, 0) is 19.1 Å². The molecule has 88 valence electrons. The highest BCUT2D eigenvalue weighted by atomic mass is 32.1. The van der Waals surface area contributed by atoms with Gasteiger partial charge in [0.05, 0.1) is 18.3 Å². The van der Waals surface area contributed by atoms with E-state index in [2.05, 4.69) is 8.75 Å². The number of halogens is 1. The second-order valence-electron chi connectivity index (χ2n) is 3.16. The number of rotatable bonds is 3. The Bertz CT molecular complexity index is 542. The Morgan fingerprint density at radius 3 is 2.88 bits per heavy atom. The molecule has 0 spiro atoms. The molecule has 0 fully saturated rings. The molecule has 6 heteroatoms. The van der Waals surface area contributed by atoms with E-state index in [-0.39, 0.29) is 23.6 Å². The maximum Gasteiger partial charge on any atom is 0.360 e. The Kier molecular flexibility index (Phi) is 3.43. The zero-order valence-electron chi connectivity index (χ0n) is 9.01. The normalized spacial score (nSPS) is 10.2. The van der Waals surface area contributed by atoms with Crippen LogP contribution in [0.1, 0.15) is 17.4 Å². The van der Waals surface area contributed by atoms with Crippen LogP contribution in [0, 0.1) is 5.82 Å². The van der Waals surface area contributed by atoms with E-state index in [0.717, 1.165) is 11.7 Å². The third-order valence-corrected chi connectivity index (χ3v) is 2.61. The lowest BCUT2D eigenvalue weighted by atomic mass is 10.1. The van der Waals surface area contributed by atoms with Crippen LogP contribution in [0.15, 0.2) is 24.3 Å². The largest absolute Gasteiger partial charge is 0.461 e. The van der Waals surface area contributed by atoms with E-state index in [4.69, 9.17) is 4.74 Å². The van der Waals surface area contributed by atoms with Crippen molar-refractivity contribution in [2.75, 3.05) is 6.61 Å². The number of carbonyl (C=O) groups excluding carboxylic acids is 1. The van der Waals surface area contributed by atoms with E-state index in [0.29, 0.717) is 0 Å². The summed E-state index contributed by atoms with van der Waals surface area (Å²) in [5.41, 5.74) is 0.540. The third kappa shape index (κ3) is 2.31. The van der Waals surface area contributed by atoms with Crippen LogP contribution in [0.5, 0.6) is 0 Å². The second-order valence-corrected chi connectivity index (χ2v) is 3.69. The Morgan fingerprint density at radius 1 is 1.41 bits per heavy atom. The summed E-state index contributed by atoms with van der Waals surface area (Å²) in [5, 5.41) is 0. The van der Waals surface area contributed by atoms with Gasteiger partial charge in [-0.15, -0.1) is 0 Å². The maximum atomic E-state index is 13.6. The van der Waals surface area contributed by atoms with E-state index in [1.807, 2.05) is 0 Å². The number of hydrogen-bond donors (Lipinski definition) is 0. The quantitative estimate of drug-likeness (QED) is 0.788. The Hall–Kier alpha value is -1.82.